The largest absolute Gasteiger partial charge is 0.354 e. The first-order valence-electron chi connectivity index (χ1n) is 9.60. The maximum Gasteiger partial charge on any atom is 0.333 e. The molecule has 3 amide bonds. The maximum atomic E-state index is 12.9. The lowest BCUT2D eigenvalue weighted by Gasteiger charge is -2.28. The van der Waals surface area contributed by atoms with Crippen molar-refractivity contribution in [2.75, 3.05) is 25.9 Å². The van der Waals surface area contributed by atoms with Gasteiger partial charge >= 0.3 is 7.60 Å². The molecule has 1 aliphatic heterocycles. The normalized spacial score (nSPS) is 14.6. The first-order valence-corrected chi connectivity index (χ1v) is 11.3. The maximum absolute atomic E-state index is 12.9. The van der Waals surface area contributed by atoms with E-state index in [1.54, 1.807) is 38.1 Å². The fourth-order valence-corrected chi connectivity index (χ4v) is 4.48. The summed E-state index contributed by atoms with van der Waals surface area (Å²) in [5, 5.41) is 2.65. The first kappa shape index (κ1) is 23.7. The Morgan fingerprint density at radius 3 is 2.03 bits per heavy atom. The second-order valence-electron chi connectivity index (χ2n) is 7.01. The van der Waals surface area contributed by atoms with Crippen molar-refractivity contribution in [3.8, 4) is 0 Å². The molecule has 8 nitrogen and oxygen atoms in total. The van der Waals surface area contributed by atoms with Gasteiger partial charge in [0.1, 0.15) is 6.04 Å². The zero-order valence-electron chi connectivity index (χ0n) is 17.2. The van der Waals surface area contributed by atoms with Crippen LogP contribution in [-0.4, -0.2) is 54.6 Å². The molecule has 162 valence electrons. The molecule has 0 radical (unpaired) electrons. The van der Waals surface area contributed by atoms with Gasteiger partial charge in [-0.2, -0.15) is 0 Å². The van der Waals surface area contributed by atoms with Crippen LogP contribution >= 0.6 is 7.60 Å². The summed E-state index contributed by atoms with van der Waals surface area (Å²) in [7, 11) is -3.46. The van der Waals surface area contributed by atoms with Crippen molar-refractivity contribution < 1.29 is 28.0 Å². The topological polar surface area (TPSA) is 102 Å². The van der Waals surface area contributed by atoms with Crippen molar-refractivity contribution >= 4 is 25.3 Å². The summed E-state index contributed by atoms with van der Waals surface area (Å²) in [4.78, 5) is 39.4. The van der Waals surface area contributed by atoms with Crippen molar-refractivity contribution in [2.45, 2.75) is 19.9 Å². The van der Waals surface area contributed by atoms with Gasteiger partial charge in [0.25, 0.3) is 11.8 Å². The number of hydrogen-bond donors (Lipinski definition) is 1. The molecule has 0 saturated carbocycles. The van der Waals surface area contributed by atoms with Gasteiger partial charge in [-0.1, -0.05) is 38.1 Å². The number of rotatable bonds is 12. The number of carbonyl (C=O) groups excluding carboxylic acids is 3. The summed E-state index contributed by atoms with van der Waals surface area (Å²) in [5.74, 6) is -1.84. The zero-order valence-corrected chi connectivity index (χ0v) is 18.1. The molecule has 1 aromatic rings. The molecule has 0 aliphatic carbocycles. The molecule has 1 heterocycles. The van der Waals surface area contributed by atoms with E-state index in [9.17, 15) is 18.9 Å². The molecule has 0 fully saturated rings. The van der Waals surface area contributed by atoms with Gasteiger partial charge in [-0.15, -0.1) is 13.2 Å². The second-order valence-corrected chi connectivity index (χ2v) is 9.19. The number of fused-ring (bicyclic) bond motifs is 1. The van der Waals surface area contributed by atoms with Crippen LogP contribution in [-0.2, 0) is 18.4 Å². The lowest BCUT2D eigenvalue weighted by molar-refractivity contribution is -0.126. The molecule has 0 aromatic heterocycles. The van der Waals surface area contributed by atoms with E-state index in [0.717, 1.165) is 4.90 Å². The van der Waals surface area contributed by atoms with Crippen molar-refractivity contribution in [3.05, 3.63) is 60.7 Å². The van der Waals surface area contributed by atoms with Crippen LogP contribution in [0.4, 0.5) is 0 Å². The van der Waals surface area contributed by atoms with Crippen molar-refractivity contribution in [2.24, 2.45) is 5.92 Å². The molecule has 0 unspecified atom stereocenters. The summed E-state index contributed by atoms with van der Waals surface area (Å²) in [6.45, 7) is 10.6. The highest BCUT2D eigenvalue weighted by Gasteiger charge is 2.43. The van der Waals surface area contributed by atoms with Crippen LogP contribution in [0.2, 0.25) is 0 Å². The van der Waals surface area contributed by atoms with Crippen LogP contribution in [0.15, 0.2) is 49.6 Å². The van der Waals surface area contributed by atoms with Crippen molar-refractivity contribution in [1.82, 2.24) is 10.2 Å². The van der Waals surface area contributed by atoms with E-state index in [0.29, 0.717) is 0 Å². The zero-order chi connectivity index (χ0) is 22.3. The molecule has 1 N–H and O–H groups in total. The summed E-state index contributed by atoms with van der Waals surface area (Å²) in [6, 6.07) is 5.47. The van der Waals surface area contributed by atoms with Gasteiger partial charge in [0.15, 0.2) is 0 Å². The monoisotopic (exact) mass is 434 g/mol. The standard InChI is InChI=1S/C21H27N2O6P/c1-5-12-28-30(27,29-13-6-2)14-11-22-19(24)18(15(3)4)23-20(25)16-9-7-8-10-17(16)21(23)26/h5-10,15,18H,1-2,11-14H2,3-4H3,(H,22,24)/t18-/m0/s1. The van der Waals surface area contributed by atoms with Gasteiger partial charge in [-0.3, -0.25) is 23.8 Å². The molecular formula is C21H27N2O6P. The molecule has 1 aliphatic rings. The highest BCUT2D eigenvalue weighted by Crippen LogP contribution is 2.47. The molecule has 0 spiro atoms. The smallest absolute Gasteiger partial charge is 0.333 e. The number of nitrogens with zero attached hydrogens (tertiary/aromatic N) is 1. The Morgan fingerprint density at radius 1 is 1.10 bits per heavy atom. The molecule has 30 heavy (non-hydrogen) atoms. The Hall–Kier alpha value is -2.54. The minimum Gasteiger partial charge on any atom is -0.354 e. The Bertz CT molecular complexity index is 831. The fourth-order valence-electron chi connectivity index (χ4n) is 3.10. The van der Waals surface area contributed by atoms with Crippen molar-refractivity contribution in [1.29, 1.82) is 0 Å². The Labute approximate surface area is 176 Å². The van der Waals surface area contributed by atoms with Gasteiger partial charge in [0.2, 0.25) is 5.91 Å². The fraction of sp³-hybridized carbons (Fsp3) is 0.381. The van der Waals surface area contributed by atoms with E-state index in [2.05, 4.69) is 18.5 Å². The van der Waals surface area contributed by atoms with Crippen LogP contribution in [0.1, 0.15) is 34.6 Å². The van der Waals surface area contributed by atoms with E-state index in [1.807, 2.05) is 0 Å². The lowest BCUT2D eigenvalue weighted by Crippen LogP contribution is -2.52. The van der Waals surface area contributed by atoms with Gasteiger partial charge in [-0.05, 0) is 18.1 Å². The summed E-state index contributed by atoms with van der Waals surface area (Å²) in [6.07, 6.45) is 2.81. The average molecular weight is 434 g/mol. The lowest BCUT2D eigenvalue weighted by atomic mass is 10.0. The van der Waals surface area contributed by atoms with E-state index in [4.69, 9.17) is 9.05 Å². The highest BCUT2D eigenvalue weighted by molar-refractivity contribution is 7.53. The minimum absolute atomic E-state index is 0.0171. The second kappa shape index (κ2) is 10.5. The van der Waals surface area contributed by atoms with Crippen LogP contribution in [0.3, 0.4) is 0 Å². The quantitative estimate of drug-likeness (QED) is 0.308. The highest BCUT2D eigenvalue weighted by atomic mass is 31.2. The summed E-state index contributed by atoms with van der Waals surface area (Å²) in [5.41, 5.74) is 0.558. The third-order valence-corrected chi connectivity index (χ3v) is 6.32. The summed E-state index contributed by atoms with van der Waals surface area (Å²) < 4.78 is 23.2. The van der Waals surface area contributed by atoms with Crippen LogP contribution in [0.5, 0.6) is 0 Å². The number of imide groups is 1. The van der Waals surface area contributed by atoms with Crippen LogP contribution < -0.4 is 5.32 Å². The van der Waals surface area contributed by atoms with E-state index >= 15 is 0 Å². The SMILES string of the molecule is C=CCOP(=O)(CCNC(=O)[C@H](C(C)C)N1C(=O)c2ccccc2C1=O)OCC=C. The van der Waals surface area contributed by atoms with Crippen LogP contribution in [0, 0.1) is 5.92 Å². The molecule has 1 atom stereocenters. The van der Waals surface area contributed by atoms with Gasteiger partial charge in [-0.25, -0.2) is 0 Å². The summed E-state index contributed by atoms with van der Waals surface area (Å²) >= 11 is 0. The third kappa shape index (κ3) is 5.33. The Kier molecular flexibility index (Phi) is 8.29. The number of carbonyl (C=O) groups is 3. The molecule has 1 aromatic carbocycles. The molecule has 2 rings (SSSR count). The predicted octanol–water partition coefficient (Wildman–Crippen LogP) is 3.02. The number of amides is 3. The Balaban J connectivity index is 2.09. The van der Waals surface area contributed by atoms with Gasteiger partial charge in [0, 0.05) is 6.54 Å². The number of nitrogens with one attached hydrogen (secondary N) is 1. The van der Waals surface area contributed by atoms with E-state index in [1.165, 1.54) is 12.2 Å². The van der Waals surface area contributed by atoms with E-state index in [-0.39, 0.29) is 43.0 Å². The molecule has 0 bridgehead atoms. The van der Waals surface area contributed by atoms with E-state index < -0.39 is 31.4 Å². The number of benzene rings is 1. The van der Waals surface area contributed by atoms with Gasteiger partial charge < -0.3 is 14.4 Å². The average Bonchev–Trinajstić information content (AvgIpc) is 2.96. The molecule has 0 saturated heterocycles. The number of hydrogen-bond acceptors (Lipinski definition) is 6. The van der Waals surface area contributed by atoms with Crippen LogP contribution in [0.25, 0.3) is 0 Å². The third-order valence-electron chi connectivity index (χ3n) is 4.47. The Morgan fingerprint density at radius 2 is 1.60 bits per heavy atom. The molecule has 9 heteroatoms. The first-order chi connectivity index (χ1) is 14.3. The molecular weight excluding hydrogens is 407 g/mol. The minimum atomic E-state index is -3.46. The van der Waals surface area contributed by atoms with Crippen molar-refractivity contribution in [3.63, 3.8) is 0 Å². The predicted molar refractivity (Wildman–Crippen MR) is 113 cm³/mol. The van der Waals surface area contributed by atoms with Gasteiger partial charge in [0.05, 0.1) is 30.5 Å².